The molecule has 1 heterocycles. The van der Waals surface area contributed by atoms with Gasteiger partial charge in [-0.05, 0) is 26.2 Å². The summed E-state index contributed by atoms with van der Waals surface area (Å²) in [6.07, 6.45) is 3.71. The molecule has 0 saturated carbocycles. The van der Waals surface area contributed by atoms with Gasteiger partial charge in [0, 0.05) is 24.9 Å². The Bertz CT molecular complexity index is 284. The van der Waals surface area contributed by atoms with E-state index in [1.165, 1.54) is 6.42 Å². The fourth-order valence-electron chi connectivity index (χ4n) is 1.86. The van der Waals surface area contributed by atoms with Gasteiger partial charge in [-0.2, -0.15) is 0 Å². The summed E-state index contributed by atoms with van der Waals surface area (Å²) in [5.74, 6) is 0.440. The highest BCUT2D eigenvalue weighted by molar-refractivity contribution is 7.91. The molecule has 2 unspecified atom stereocenters. The second-order valence-corrected chi connectivity index (χ2v) is 6.89. The van der Waals surface area contributed by atoms with Crippen molar-refractivity contribution in [2.24, 2.45) is 0 Å². The van der Waals surface area contributed by atoms with E-state index in [1.807, 2.05) is 6.92 Å². The van der Waals surface area contributed by atoms with Gasteiger partial charge in [-0.3, -0.25) is 0 Å². The van der Waals surface area contributed by atoms with E-state index in [0.717, 1.165) is 26.0 Å². The molecule has 96 valence electrons. The number of hydrogen-bond donors (Lipinski definition) is 1. The highest BCUT2D eigenvalue weighted by atomic mass is 32.2. The molecule has 0 radical (unpaired) electrons. The summed E-state index contributed by atoms with van der Waals surface area (Å²) in [6, 6.07) is 0.00970. The molecule has 0 aromatic rings. The monoisotopic (exact) mass is 249 g/mol. The van der Waals surface area contributed by atoms with Crippen LogP contribution in [0.2, 0.25) is 0 Å². The molecule has 0 aliphatic carbocycles. The number of nitrogens with one attached hydrogen (secondary N) is 1. The van der Waals surface area contributed by atoms with Crippen LogP contribution < -0.4 is 5.32 Å². The van der Waals surface area contributed by atoms with Gasteiger partial charge in [0.25, 0.3) is 0 Å². The second kappa shape index (κ2) is 6.57. The zero-order valence-corrected chi connectivity index (χ0v) is 11.1. The molecule has 1 aliphatic heterocycles. The molecule has 4 nitrogen and oxygen atoms in total. The molecular weight excluding hydrogens is 226 g/mol. The Hall–Kier alpha value is -0.130. The summed E-state index contributed by atoms with van der Waals surface area (Å²) >= 11 is 0. The van der Waals surface area contributed by atoms with E-state index in [9.17, 15) is 8.42 Å². The highest BCUT2D eigenvalue weighted by Crippen LogP contribution is 2.11. The Morgan fingerprint density at radius 1 is 1.44 bits per heavy atom. The fourth-order valence-corrected chi connectivity index (χ4v) is 2.97. The normalized spacial score (nSPS) is 24.2. The van der Waals surface area contributed by atoms with E-state index >= 15 is 0 Å². The molecule has 0 aromatic heterocycles. The summed E-state index contributed by atoms with van der Waals surface area (Å²) in [5.41, 5.74) is 0. The zero-order chi connectivity index (χ0) is 12.0. The third-order valence-electron chi connectivity index (χ3n) is 2.91. The number of rotatable bonds is 6. The van der Waals surface area contributed by atoms with Crippen molar-refractivity contribution >= 4 is 9.84 Å². The van der Waals surface area contributed by atoms with Crippen LogP contribution >= 0.6 is 0 Å². The van der Waals surface area contributed by atoms with Crippen molar-refractivity contribution in [1.29, 1.82) is 0 Å². The van der Waals surface area contributed by atoms with Gasteiger partial charge < -0.3 is 10.1 Å². The van der Waals surface area contributed by atoms with Gasteiger partial charge in [0.2, 0.25) is 0 Å². The molecular formula is C11H23NO3S. The number of ether oxygens (including phenoxy) is 1. The van der Waals surface area contributed by atoms with E-state index in [1.54, 1.807) is 6.92 Å². The van der Waals surface area contributed by atoms with Crippen LogP contribution in [0.5, 0.6) is 0 Å². The molecule has 5 heteroatoms. The van der Waals surface area contributed by atoms with E-state index < -0.39 is 9.84 Å². The molecule has 0 amide bonds. The Labute approximate surface area is 98.7 Å². The molecule has 1 rings (SSSR count). The van der Waals surface area contributed by atoms with Crippen molar-refractivity contribution in [2.45, 2.75) is 45.3 Å². The van der Waals surface area contributed by atoms with Crippen molar-refractivity contribution in [2.75, 3.05) is 24.7 Å². The van der Waals surface area contributed by atoms with E-state index in [-0.39, 0.29) is 23.7 Å². The third kappa shape index (κ3) is 5.27. The fraction of sp³-hybridized carbons (Fsp3) is 1.00. The molecule has 16 heavy (non-hydrogen) atoms. The minimum atomic E-state index is -2.87. The lowest BCUT2D eigenvalue weighted by molar-refractivity contribution is 0.0160. The lowest BCUT2D eigenvalue weighted by Crippen LogP contribution is -2.40. The van der Waals surface area contributed by atoms with Crippen LogP contribution in [0.15, 0.2) is 0 Å². The average Bonchev–Trinajstić information content (AvgIpc) is 2.27. The maximum Gasteiger partial charge on any atom is 0.151 e. The average molecular weight is 249 g/mol. The lowest BCUT2D eigenvalue weighted by Gasteiger charge is -2.24. The Balaban J connectivity index is 2.21. The third-order valence-corrected chi connectivity index (χ3v) is 4.80. The summed E-state index contributed by atoms with van der Waals surface area (Å²) in [6.45, 7) is 5.21. The number of hydrogen-bond acceptors (Lipinski definition) is 4. The van der Waals surface area contributed by atoms with Gasteiger partial charge in [0.1, 0.15) is 0 Å². The van der Waals surface area contributed by atoms with Gasteiger partial charge >= 0.3 is 0 Å². The van der Waals surface area contributed by atoms with Crippen molar-refractivity contribution in [3.05, 3.63) is 0 Å². The largest absolute Gasteiger partial charge is 0.377 e. The van der Waals surface area contributed by atoms with Gasteiger partial charge in [-0.25, -0.2) is 8.42 Å². The van der Waals surface area contributed by atoms with E-state index in [0.29, 0.717) is 0 Å². The SMILES string of the molecule is CCS(=O)(=O)CC(C)NCC1CCCCO1. The van der Waals surface area contributed by atoms with Crippen molar-refractivity contribution < 1.29 is 13.2 Å². The Morgan fingerprint density at radius 2 is 2.19 bits per heavy atom. The van der Waals surface area contributed by atoms with Crippen molar-refractivity contribution in [3.63, 3.8) is 0 Å². The number of sulfone groups is 1. The smallest absolute Gasteiger partial charge is 0.151 e. The molecule has 0 bridgehead atoms. The summed E-state index contributed by atoms with van der Waals surface area (Å²) in [4.78, 5) is 0. The van der Waals surface area contributed by atoms with Crippen LogP contribution in [-0.4, -0.2) is 45.2 Å². The van der Waals surface area contributed by atoms with Crippen molar-refractivity contribution in [3.8, 4) is 0 Å². The van der Waals surface area contributed by atoms with Crippen LogP contribution in [0.1, 0.15) is 33.1 Å². The van der Waals surface area contributed by atoms with Gasteiger partial charge in [-0.1, -0.05) is 6.92 Å². The molecule has 1 N–H and O–H groups in total. The van der Waals surface area contributed by atoms with Gasteiger partial charge in [0.15, 0.2) is 9.84 Å². The van der Waals surface area contributed by atoms with E-state index in [4.69, 9.17) is 4.74 Å². The maximum absolute atomic E-state index is 11.4. The first kappa shape index (κ1) is 13.9. The minimum absolute atomic E-state index is 0.00970. The summed E-state index contributed by atoms with van der Waals surface area (Å²) in [7, 11) is -2.87. The Morgan fingerprint density at radius 3 is 2.75 bits per heavy atom. The van der Waals surface area contributed by atoms with Crippen LogP contribution in [0.4, 0.5) is 0 Å². The molecule has 1 fully saturated rings. The maximum atomic E-state index is 11.4. The van der Waals surface area contributed by atoms with Crippen LogP contribution in [-0.2, 0) is 14.6 Å². The summed E-state index contributed by atoms with van der Waals surface area (Å²) < 4.78 is 28.4. The van der Waals surface area contributed by atoms with E-state index in [2.05, 4.69) is 5.32 Å². The Kier molecular flexibility index (Phi) is 5.72. The lowest BCUT2D eigenvalue weighted by atomic mass is 10.1. The first-order valence-corrected chi connectivity index (χ1v) is 7.91. The van der Waals surface area contributed by atoms with Crippen LogP contribution in [0.3, 0.4) is 0 Å². The predicted molar refractivity (Wildman–Crippen MR) is 65.4 cm³/mol. The quantitative estimate of drug-likeness (QED) is 0.762. The first-order chi connectivity index (χ1) is 7.53. The van der Waals surface area contributed by atoms with Crippen LogP contribution in [0, 0.1) is 0 Å². The molecule has 2 atom stereocenters. The standard InChI is InChI=1S/C11H23NO3S/c1-3-16(13,14)9-10(2)12-8-11-6-4-5-7-15-11/h10-12H,3-9H2,1-2H3. The molecule has 1 aliphatic rings. The summed E-state index contributed by atoms with van der Waals surface area (Å²) in [5, 5.41) is 3.24. The van der Waals surface area contributed by atoms with Crippen LogP contribution in [0.25, 0.3) is 0 Å². The second-order valence-electron chi connectivity index (χ2n) is 4.50. The molecule has 1 saturated heterocycles. The van der Waals surface area contributed by atoms with Gasteiger partial charge in [-0.15, -0.1) is 0 Å². The molecule has 0 spiro atoms. The first-order valence-electron chi connectivity index (χ1n) is 6.09. The van der Waals surface area contributed by atoms with Gasteiger partial charge in [0.05, 0.1) is 11.9 Å². The topological polar surface area (TPSA) is 55.4 Å². The zero-order valence-electron chi connectivity index (χ0n) is 10.2. The highest BCUT2D eigenvalue weighted by Gasteiger charge is 2.17. The van der Waals surface area contributed by atoms with Crippen molar-refractivity contribution in [1.82, 2.24) is 5.32 Å². The predicted octanol–water partition coefficient (Wildman–Crippen LogP) is 0.968. The minimum Gasteiger partial charge on any atom is -0.377 e. The molecule has 0 aromatic carbocycles.